The van der Waals surface area contributed by atoms with Crippen LogP contribution < -0.4 is 19.1 Å². The fraction of sp³-hybridized carbons (Fsp3) is 0.174. The zero-order chi connectivity index (χ0) is 23.0. The Kier molecular flexibility index (Phi) is 5.88. The Bertz CT molecular complexity index is 1480. The monoisotopic (exact) mass is 502 g/mol. The van der Waals surface area contributed by atoms with Crippen molar-refractivity contribution in [2.24, 2.45) is 0 Å². The van der Waals surface area contributed by atoms with Crippen molar-refractivity contribution < 1.29 is 17.9 Å². The number of nitrogens with one attached hydrogen (secondary N) is 1. The predicted octanol–water partition coefficient (Wildman–Crippen LogP) is 3.88. The van der Waals surface area contributed by atoms with E-state index >= 15 is 0 Å². The summed E-state index contributed by atoms with van der Waals surface area (Å²) in [5, 5.41) is 0.623. The van der Waals surface area contributed by atoms with Crippen molar-refractivity contribution >= 4 is 43.2 Å². The van der Waals surface area contributed by atoms with E-state index in [1.165, 1.54) is 12.1 Å². The molecule has 1 atom stereocenters. The van der Waals surface area contributed by atoms with Gasteiger partial charge < -0.3 is 9.47 Å². The normalized spacial score (nSPS) is 15.6. The quantitative estimate of drug-likeness (QED) is 0.432. The first-order chi connectivity index (χ1) is 15.9. The van der Waals surface area contributed by atoms with E-state index < -0.39 is 16.1 Å². The van der Waals surface area contributed by atoms with Gasteiger partial charge in [0.05, 0.1) is 28.2 Å². The van der Waals surface area contributed by atoms with Crippen LogP contribution >= 0.6 is 22.9 Å². The van der Waals surface area contributed by atoms with Gasteiger partial charge in [0, 0.05) is 5.02 Å². The Morgan fingerprint density at radius 2 is 1.82 bits per heavy atom. The standard InChI is InChI=1S/C23H19ClN2O5S2/c24-16-7-5-15(6-8-16)13-26-19-10-9-18(11-22(19)32-23(26)27)33(28,29)25-12-17-14-30-20-3-1-2-4-21(20)31-17/h1-11,17,25H,12-14H2/t17-/m1/s1. The lowest BCUT2D eigenvalue weighted by atomic mass is 10.2. The summed E-state index contributed by atoms with van der Waals surface area (Å²) in [6.45, 7) is 0.678. The van der Waals surface area contributed by atoms with Crippen LogP contribution in [0.3, 0.4) is 0 Å². The summed E-state index contributed by atoms with van der Waals surface area (Å²) in [7, 11) is -3.80. The number of fused-ring (bicyclic) bond motifs is 2. The number of para-hydroxylation sites is 2. The summed E-state index contributed by atoms with van der Waals surface area (Å²) in [4.78, 5) is 12.5. The van der Waals surface area contributed by atoms with Gasteiger partial charge in [-0.05, 0) is 48.0 Å². The number of hydrogen-bond acceptors (Lipinski definition) is 6. The number of ether oxygens (including phenoxy) is 2. The number of rotatable bonds is 6. The van der Waals surface area contributed by atoms with Gasteiger partial charge in [-0.1, -0.05) is 47.2 Å². The second kappa shape index (κ2) is 8.83. The van der Waals surface area contributed by atoms with E-state index in [2.05, 4.69) is 4.72 Å². The molecule has 1 aromatic heterocycles. The topological polar surface area (TPSA) is 86.6 Å². The molecule has 0 bridgehead atoms. The minimum absolute atomic E-state index is 0.0581. The minimum atomic E-state index is -3.80. The van der Waals surface area contributed by atoms with Crippen molar-refractivity contribution in [3.63, 3.8) is 0 Å². The maximum atomic E-state index is 12.9. The molecule has 170 valence electrons. The molecule has 0 saturated heterocycles. The van der Waals surface area contributed by atoms with E-state index in [9.17, 15) is 13.2 Å². The van der Waals surface area contributed by atoms with Crippen LogP contribution in [0.1, 0.15) is 5.56 Å². The lowest BCUT2D eigenvalue weighted by Crippen LogP contribution is -2.40. The number of benzene rings is 3. The second-order valence-corrected chi connectivity index (χ2v) is 10.8. The summed E-state index contributed by atoms with van der Waals surface area (Å²) in [5.41, 5.74) is 1.61. The maximum Gasteiger partial charge on any atom is 0.308 e. The Morgan fingerprint density at radius 1 is 1.06 bits per heavy atom. The summed E-state index contributed by atoms with van der Waals surface area (Å²) in [5.74, 6) is 1.22. The van der Waals surface area contributed by atoms with Crippen molar-refractivity contribution in [1.82, 2.24) is 9.29 Å². The molecule has 4 aromatic rings. The fourth-order valence-electron chi connectivity index (χ4n) is 3.59. The molecule has 10 heteroatoms. The van der Waals surface area contributed by atoms with Crippen LogP contribution in [0.15, 0.2) is 76.4 Å². The van der Waals surface area contributed by atoms with Crippen molar-refractivity contribution in [1.29, 1.82) is 0 Å². The van der Waals surface area contributed by atoms with Crippen LogP contribution in [-0.2, 0) is 16.6 Å². The van der Waals surface area contributed by atoms with Gasteiger partial charge in [0.1, 0.15) is 12.7 Å². The largest absolute Gasteiger partial charge is 0.486 e. The molecule has 7 nitrogen and oxygen atoms in total. The van der Waals surface area contributed by atoms with Gasteiger partial charge in [0.2, 0.25) is 10.0 Å². The molecule has 1 aliphatic rings. The number of thiazole rings is 1. The third kappa shape index (κ3) is 4.63. The van der Waals surface area contributed by atoms with Crippen molar-refractivity contribution in [3.8, 4) is 11.5 Å². The zero-order valence-corrected chi connectivity index (χ0v) is 19.6. The van der Waals surface area contributed by atoms with E-state index in [1.807, 2.05) is 24.3 Å². The summed E-state index contributed by atoms with van der Waals surface area (Å²) in [6.07, 6.45) is -0.449. The van der Waals surface area contributed by atoms with Crippen molar-refractivity contribution in [2.75, 3.05) is 13.2 Å². The molecule has 3 aromatic carbocycles. The first-order valence-corrected chi connectivity index (χ1v) is 12.8. The molecule has 0 fully saturated rings. The molecule has 2 heterocycles. The van der Waals surface area contributed by atoms with Gasteiger partial charge in [0.15, 0.2) is 11.5 Å². The fourth-order valence-corrected chi connectivity index (χ4v) is 5.81. The van der Waals surface area contributed by atoms with Crippen molar-refractivity contribution in [2.45, 2.75) is 17.5 Å². The molecule has 0 saturated carbocycles. The van der Waals surface area contributed by atoms with E-state index in [4.69, 9.17) is 21.1 Å². The minimum Gasteiger partial charge on any atom is -0.486 e. The highest BCUT2D eigenvalue weighted by Crippen LogP contribution is 2.31. The average molecular weight is 503 g/mol. The predicted molar refractivity (Wildman–Crippen MR) is 128 cm³/mol. The smallest absolute Gasteiger partial charge is 0.308 e. The molecule has 0 radical (unpaired) electrons. The van der Waals surface area contributed by atoms with E-state index in [0.29, 0.717) is 33.3 Å². The van der Waals surface area contributed by atoms with Gasteiger partial charge in [-0.3, -0.25) is 9.36 Å². The molecular formula is C23H19ClN2O5S2. The summed E-state index contributed by atoms with van der Waals surface area (Å²) >= 11 is 6.95. The molecule has 1 N–H and O–H groups in total. The lowest BCUT2D eigenvalue weighted by molar-refractivity contribution is 0.0943. The molecule has 0 aliphatic carbocycles. The molecule has 1 aliphatic heterocycles. The number of halogens is 1. The van der Waals surface area contributed by atoms with E-state index in [0.717, 1.165) is 16.9 Å². The Labute approximate surface area is 199 Å². The van der Waals surface area contributed by atoms with Gasteiger partial charge >= 0.3 is 4.87 Å². The van der Waals surface area contributed by atoms with Gasteiger partial charge in [-0.2, -0.15) is 0 Å². The molecule has 0 spiro atoms. The van der Waals surface area contributed by atoms with Crippen LogP contribution in [0.5, 0.6) is 11.5 Å². The van der Waals surface area contributed by atoms with Crippen LogP contribution in [0.2, 0.25) is 5.02 Å². The van der Waals surface area contributed by atoms with Gasteiger partial charge in [-0.25, -0.2) is 13.1 Å². The summed E-state index contributed by atoms with van der Waals surface area (Å²) < 4.78 is 42.0. The lowest BCUT2D eigenvalue weighted by Gasteiger charge is -2.26. The highest BCUT2D eigenvalue weighted by atomic mass is 35.5. The Balaban J connectivity index is 1.33. The molecule has 0 unspecified atom stereocenters. The number of hydrogen-bond donors (Lipinski definition) is 1. The third-order valence-electron chi connectivity index (χ3n) is 5.27. The van der Waals surface area contributed by atoms with E-state index in [-0.39, 0.29) is 22.9 Å². The first kappa shape index (κ1) is 22.0. The zero-order valence-electron chi connectivity index (χ0n) is 17.2. The Morgan fingerprint density at radius 3 is 2.61 bits per heavy atom. The Hall–Kier alpha value is -2.85. The number of sulfonamides is 1. The highest BCUT2D eigenvalue weighted by molar-refractivity contribution is 7.89. The average Bonchev–Trinajstić information content (AvgIpc) is 3.13. The SMILES string of the molecule is O=c1sc2cc(S(=O)(=O)NC[C@@H]3COc4ccccc4O3)ccc2n1Cc1ccc(Cl)cc1. The highest BCUT2D eigenvalue weighted by Gasteiger charge is 2.24. The van der Waals surface area contributed by atoms with Gasteiger partial charge in [-0.15, -0.1) is 0 Å². The van der Waals surface area contributed by atoms with E-state index in [1.54, 1.807) is 34.9 Å². The van der Waals surface area contributed by atoms with Crippen LogP contribution in [0.25, 0.3) is 10.2 Å². The van der Waals surface area contributed by atoms with Crippen molar-refractivity contribution in [3.05, 3.63) is 87.0 Å². The molecule has 5 rings (SSSR count). The van der Waals surface area contributed by atoms with Crippen LogP contribution in [-0.4, -0.2) is 32.2 Å². The van der Waals surface area contributed by atoms with Crippen LogP contribution in [0.4, 0.5) is 0 Å². The van der Waals surface area contributed by atoms with Crippen LogP contribution in [0, 0.1) is 0 Å². The third-order valence-corrected chi connectivity index (χ3v) is 7.89. The molecule has 33 heavy (non-hydrogen) atoms. The maximum absolute atomic E-state index is 12.9. The summed E-state index contributed by atoms with van der Waals surface area (Å²) in [6, 6.07) is 19.2. The molecular weight excluding hydrogens is 484 g/mol. The second-order valence-electron chi connectivity index (χ2n) is 7.56. The number of nitrogens with zero attached hydrogens (tertiary/aromatic N) is 1. The molecule has 0 amide bonds. The van der Waals surface area contributed by atoms with Gasteiger partial charge in [0.25, 0.3) is 0 Å². The number of aromatic nitrogens is 1. The first-order valence-electron chi connectivity index (χ1n) is 10.1.